The van der Waals surface area contributed by atoms with Crippen LogP contribution in [0.15, 0.2) is 66.7 Å². The summed E-state index contributed by atoms with van der Waals surface area (Å²) in [5.41, 5.74) is 8.51. The summed E-state index contributed by atoms with van der Waals surface area (Å²) < 4.78 is 12.0. The molecule has 0 saturated carbocycles. The molecule has 2 aliphatic heterocycles. The van der Waals surface area contributed by atoms with Gasteiger partial charge < -0.3 is 15.2 Å². The van der Waals surface area contributed by atoms with Gasteiger partial charge in [-0.3, -0.25) is 0 Å². The van der Waals surface area contributed by atoms with Crippen LogP contribution in [0.4, 0.5) is 5.69 Å². The monoisotopic (exact) mass is 315 g/mol. The van der Waals surface area contributed by atoms with Crippen molar-refractivity contribution >= 4 is 11.7 Å². The van der Waals surface area contributed by atoms with Crippen molar-refractivity contribution in [3.05, 3.63) is 89.0 Å². The molecule has 1 spiro atoms. The summed E-state index contributed by atoms with van der Waals surface area (Å²) in [5, 5.41) is 0. The van der Waals surface area contributed by atoms with E-state index in [1.54, 1.807) is 18.2 Å². The average Bonchev–Trinajstić information content (AvgIpc) is 2.90. The number of rotatable bonds is 0. The van der Waals surface area contributed by atoms with Crippen molar-refractivity contribution in [3.63, 3.8) is 0 Å². The first kappa shape index (κ1) is 13.2. The van der Waals surface area contributed by atoms with Crippen LogP contribution < -0.4 is 10.5 Å². The fourth-order valence-corrected chi connectivity index (χ4v) is 3.71. The van der Waals surface area contributed by atoms with Gasteiger partial charge in [-0.2, -0.15) is 0 Å². The van der Waals surface area contributed by atoms with Gasteiger partial charge in [-0.15, -0.1) is 0 Å². The van der Waals surface area contributed by atoms with Gasteiger partial charge in [0.2, 0.25) is 0 Å². The van der Waals surface area contributed by atoms with Gasteiger partial charge in [-0.25, -0.2) is 4.79 Å². The lowest BCUT2D eigenvalue weighted by molar-refractivity contribution is 0.0226. The highest BCUT2D eigenvalue weighted by atomic mass is 16.6. The number of nitrogen functional groups attached to an aromatic ring is 1. The summed E-state index contributed by atoms with van der Waals surface area (Å²) in [4.78, 5) is 12.6. The second-order valence-corrected chi connectivity index (χ2v) is 5.93. The van der Waals surface area contributed by atoms with E-state index in [0.717, 1.165) is 11.1 Å². The molecule has 4 heteroatoms. The standard InChI is InChI=1S/C20H13NO3/c21-15-9-5-6-12-18(15)20(24-19(12)22)13-7-1-3-10-16(13)23-17-11-4-2-8-14(17)20/h1-11H,21H2. The van der Waals surface area contributed by atoms with Crippen molar-refractivity contribution in [1.29, 1.82) is 0 Å². The number of carbonyl (C=O) groups excluding carboxylic acids is 1. The van der Waals surface area contributed by atoms with Crippen LogP contribution >= 0.6 is 0 Å². The highest BCUT2D eigenvalue weighted by molar-refractivity contribution is 5.99. The fourth-order valence-electron chi connectivity index (χ4n) is 3.71. The fraction of sp³-hybridized carbons (Fsp3) is 0.0500. The van der Waals surface area contributed by atoms with Crippen LogP contribution in [0.1, 0.15) is 27.0 Å². The largest absolute Gasteiger partial charge is 0.456 e. The van der Waals surface area contributed by atoms with Crippen LogP contribution in [0.25, 0.3) is 0 Å². The first-order chi connectivity index (χ1) is 11.7. The van der Waals surface area contributed by atoms with Crippen molar-refractivity contribution in [3.8, 4) is 11.5 Å². The molecule has 3 aromatic carbocycles. The summed E-state index contributed by atoms with van der Waals surface area (Å²) >= 11 is 0. The van der Waals surface area contributed by atoms with Crippen LogP contribution in [0.2, 0.25) is 0 Å². The molecule has 2 heterocycles. The maximum Gasteiger partial charge on any atom is 0.340 e. The lowest BCUT2D eigenvalue weighted by atomic mass is 9.77. The molecule has 2 aliphatic rings. The molecule has 0 fully saturated rings. The molecule has 24 heavy (non-hydrogen) atoms. The van der Waals surface area contributed by atoms with Gasteiger partial charge in [0.15, 0.2) is 5.60 Å². The van der Waals surface area contributed by atoms with Gasteiger partial charge >= 0.3 is 5.97 Å². The molecule has 0 aliphatic carbocycles. The normalized spacial score (nSPS) is 15.9. The van der Waals surface area contributed by atoms with Crippen LogP contribution in [0, 0.1) is 0 Å². The third-order valence-corrected chi connectivity index (χ3v) is 4.67. The molecule has 116 valence electrons. The minimum atomic E-state index is -1.07. The first-order valence-electron chi connectivity index (χ1n) is 7.71. The Morgan fingerprint density at radius 3 is 2.08 bits per heavy atom. The molecule has 0 bridgehead atoms. The van der Waals surface area contributed by atoms with Gasteiger partial charge in [0, 0.05) is 22.4 Å². The van der Waals surface area contributed by atoms with Crippen LogP contribution in [-0.2, 0) is 10.3 Å². The lowest BCUT2D eigenvalue weighted by Crippen LogP contribution is -2.33. The minimum Gasteiger partial charge on any atom is -0.456 e. The highest BCUT2D eigenvalue weighted by Gasteiger charge is 2.54. The zero-order valence-electron chi connectivity index (χ0n) is 12.7. The molecule has 0 amide bonds. The molecule has 4 nitrogen and oxygen atoms in total. The number of carbonyl (C=O) groups is 1. The Labute approximate surface area is 138 Å². The number of hydrogen-bond acceptors (Lipinski definition) is 4. The molecule has 2 N–H and O–H groups in total. The van der Waals surface area contributed by atoms with Crippen LogP contribution in [-0.4, -0.2) is 5.97 Å². The quantitative estimate of drug-likeness (QED) is 0.506. The minimum absolute atomic E-state index is 0.371. The number of nitrogens with two attached hydrogens (primary N) is 1. The van der Waals surface area contributed by atoms with Crippen molar-refractivity contribution in [2.75, 3.05) is 5.73 Å². The summed E-state index contributed by atoms with van der Waals surface area (Å²) in [5.74, 6) is 0.962. The van der Waals surface area contributed by atoms with Crippen molar-refractivity contribution in [1.82, 2.24) is 0 Å². The van der Waals surface area contributed by atoms with E-state index in [-0.39, 0.29) is 5.97 Å². The summed E-state index contributed by atoms with van der Waals surface area (Å²) in [6, 6.07) is 20.5. The molecule has 0 aromatic heterocycles. The predicted molar refractivity (Wildman–Crippen MR) is 89.1 cm³/mol. The Kier molecular flexibility index (Phi) is 2.41. The maximum atomic E-state index is 12.6. The number of esters is 1. The zero-order valence-corrected chi connectivity index (χ0v) is 12.7. The average molecular weight is 315 g/mol. The van der Waals surface area contributed by atoms with E-state index in [1.165, 1.54) is 0 Å². The highest BCUT2D eigenvalue weighted by Crippen LogP contribution is 2.57. The SMILES string of the molecule is Nc1cccc2c1C1(OC2=O)c2ccccc2Oc2ccccc21. The smallest absolute Gasteiger partial charge is 0.340 e. The second-order valence-electron chi connectivity index (χ2n) is 5.93. The van der Waals surface area contributed by atoms with Gasteiger partial charge in [0.25, 0.3) is 0 Å². The van der Waals surface area contributed by atoms with Crippen LogP contribution in [0.3, 0.4) is 0 Å². The number of benzene rings is 3. The Balaban J connectivity index is 1.96. The molecule has 0 radical (unpaired) electrons. The Bertz CT molecular complexity index is 964. The molecule has 0 atom stereocenters. The number of hydrogen-bond donors (Lipinski definition) is 1. The molecule has 0 unspecified atom stereocenters. The second kappa shape index (κ2) is 4.38. The van der Waals surface area contributed by atoms with Gasteiger partial charge in [0.1, 0.15) is 11.5 Å². The van der Waals surface area contributed by atoms with Crippen molar-refractivity contribution < 1.29 is 14.3 Å². The zero-order chi connectivity index (χ0) is 16.3. The Morgan fingerprint density at radius 1 is 0.792 bits per heavy atom. The van der Waals surface area contributed by atoms with E-state index in [2.05, 4.69) is 0 Å². The third-order valence-electron chi connectivity index (χ3n) is 4.67. The van der Waals surface area contributed by atoms with Crippen LogP contribution in [0.5, 0.6) is 11.5 Å². The van der Waals surface area contributed by atoms with E-state index >= 15 is 0 Å². The summed E-state index contributed by atoms with van der Waals surface area (Å²) in [7, 11) is 0. The van der Waals surface area contributed by atoms with E-state index in [0.29, 0.717) is 28.3 Å². The van der Waals surface area contributed by atoms with E-state index < -0.39 is 5.60 Å². The lowest BCUT2D eigenvalue weighted by Gasteiger charge is -2.36. The Hall–Kier alpha value is -3.27. The molecule has 0 saturated heterocycles. The number of anilines is 1. The number of ether oxygens (including phenoxy) is 2. The number of para-hydroxylation sites is 2. The van der Waals surface area contributed by atoms with Gasteiger partial charge in [-0.1, -0.05) is 42.5 Å². The van der Waals surface area contributed by atoms with Gasteiger partial charge in [-0.05, 0) is 24.3 Å². The topological polar surface area (TPSA) is 61.5 Å². The summed E-state index contributed by atoms with van der Waals surface area (Å²) in [6.45, 7) is 0. The van der Waals surface area contributed by atoms with Crippen molar-refractivity contribution in [2.24, 2.45) is 0 Å². The van der Waals surface area contributed by atoms with E-state index in [9.17, 15) is 4.79 Å². The third kappa shape index (κ3) is 1.45. The predicted octanol–water partition coefficient (Wildman–Crippen LogP) is 3.84. The molecule has 3 aromatic rings. The summed E-state index contributed by atoms with van der Waals surface area (Å²) in [6.07, 6.45) is 0. The number of fused-ring (bicyclic) bond motifs is 6. The molecular formula is C20H13NO3. The molecule has 5 rings (SSSR count). The van der Waals surface area contributed by atoms with Crippen molar-refractivity contribution in [2.45, 2.75) is 5.60 Å². The van der Waals surface area contributed by atoms with E-state index in [4.69, 9.17) is 15.2 Å². The Morgan fingerprint density at radius 2 is 1.42 bits per heavy atom. The maximum absolute atomic E-state index is 12.6. The van der Waals surface area contributed by atoms with E-state index in [1.807, 2.05) is 48.5 Å². The first-order valence-corrected chi connectivity index (χ1v) is 7.71. The van der Waals surface area contributed by atoms with Gasteiger partial charge in [0.05, 0.1) is 5.56 Å². The molecular weight excluding hydrogens is 302 g/mol.